The Bertz CT molecular complexity index is 452. The average Bonchev–Trinajstić information content (AvgIpc) is 2.40. The van der Waals surface area contributed by atoms with Gasteiger partial charge >= 0.3 is 5.97 Å². The number of rotatable bonds is 3. The summed E-state index contributed by atoms with van der Waals surface area (Å²) in [5.41, 5.74) is 1.01. The summed E-state index contributed by atoms with van der Waals surface area (Å²) in [6.45, 7) is 6.17. The second-order valence-electron chi connectivity index (χ2n) is 3.87. The number of hydrogen-bond donors (Lipinski definition) is 1. The molecule has 5 heteroatoms. The largest absolute Gasteiger partial charge is 0.507 e. The van der Waals surface area contributed by atoms with Crippen LogP contribution in [0.3, 0.4) is 0 Å². The van der Waals surface area contributed by atoms with Gasteiger partial charge in [0.05, 0.1) is 19.5 Å². The number of anilines is 1. The number of phenolic OH excluding ortho intramolecular Hbond substituents is 1. The number of benzene rings is 1. The zero-order chi connectivity index (χ0) is 13.0. The quantitative estimate of drug-likeness (QED) is 0.650. The molecule has 0 atom stereocenters. The van der Waals surface area contributed by atoms with Gasteiger partial charge in [-0.1, -0.05) is 6.58 Å². The first kappa shape index (κ1) is 12.4. The smallest absolute Gasteiger partial charge is 0.346 e. The topological polar surface area (TPSA) is 59.0 Å². The molecule has 5 nitrogen and oxygen atoms in total. The fourth-order valence-corrected chi connectivity index (χ4v) is 1.84. The molecule has 0 aliphatic carbocycles. The van der Waals surface area contributed by atoms with Crippen LogP contribution in [0.1, 0.15) is 10.4 Å². The molecule has 0 unspecified atom stereocenters. The number of hydrogen-bond acceptors (Lipinski definition) is 5. The Morgan fingerprint density at radius 3 is 2.83 bits per heavy atom. The number of esters is 1. The molecular weight excluding hydrogens is 234 g/mol. The summed E-state index contributed by atoms with van der Waals surface area (Å²) >= 11 is 0. The second kappa shape index (κ2) is 5.55. The van der Waals surface area contributed by atoms with E-state index in [1.807, 2.05) is 0 Å². The highest BCUT2D eigenvalue weighted by molar-refractivity contribution is 5.93. The molecule has 0 amide bonds. The van der Waals surface area contributed by atoms with Crippen molar-refractivity contribution in [3.05, 3.63) is 36.6 Å². The van der Waals surface area contributed by atoms with Gasteiger partial charge in [-0.15, -0.1) is 0 Å². The minimum atomic E-state index is -0.613. The van der Waals surface area contributed by atoms with Gasteiger partial charge in [0.15, 0.2) is 0 Å². The SMILES string of the molecule is C=COC(=O)c1cc(N2CCOCC2)ccc1O. The van der Waals surface area contributed by atoms with Gasteiger partial charge in [-0.05, 0) is 18.2 Å². The number of aromatic hydroxyl groups is 1. The monoisotopic (exact) mass is 249 g/mol. The lowest BCUT2D eigenvalue weighted by molar-refractivity contribution is 0.0661. The van der Waals surface area contributed by atoms with Gasteiger partial charge in [0.1, 0.15) is 11.3 Å². The first-order valence-corrected chi connectivity index (χ1v) is 5.70. The van der Waals surface area contributed by atoms with E-state index >= 15 is 0 Å². The average molecular weight is 249 g/mol. The molecule has 1 aromatic carbocycles. The van der Waals surface area contributed by atoms with Gasteiger partial charge in [0, 0.05) is 18.8 Å². The third-order valence-electron chi connectivity index (χ3n) is 2.77. The van der Waals surface area contributed by atoms with Crippen LogP contribution in [0.2, 0.25) is 0 Å². The van der Waals surface area contributed by atoms with Crippen LogP contribution < -0.4 is 4.90 Å². The molecule has 1 saturated heterocycles. The summed E-state index contributed by atoms with van der Waals surface area (Å²) in [4.78, 5) is 13.7. The van der Waals surface area contributed by atoms with Gasteiger partial charge in [0.25, 0.3) is 0 Å². The zero-order valence-corrected chi connectivity index (χ0v) is 9.96. The highest BCUT2D eigenvalue weighted by Gasteiger charge is 2.17. The van der Waals surface area contributed by atoms with Gasteiger partial charge in [-0.2, -0.15) is 0 Å². The van der Waals surface area contributed by atoms with Crippen LogP contribution in [0, 0.1) is 0 Å². The molecule has 1 N–H and O–H groups in total. The van der Waals surface area contributed by atoms with Crippen molar-refractivity contribution in [2.45, 2.75) is 0 Å². The fraction of sp³-hybridized carbons (Fsp3) is 0.308. The number of phenols is 1. The number of nitrogens with zero attached hydrogens (tertiary/aromatic N) is 1. The maximum atomic E-state index is 11.6. The van der Waals surface area contributed by atoms with Gasteiger partial charge < -0.3 is 19.5 Å². The van der Waals surface area contributed by atoms with E-state index in [4.69, 9.17) is 4.74 Å². The number of ether oxygens (including phenoxy) is 2. The molecule has 1 aromatic rings. The van der Waals surface area contributed by atoms with Crippen molar-refractivity contribution in [3.63, 3.8) is 0 Å². The Morgan fingerprint density at radius 1 is 1.44 bits per heavy atom. The summed E-state index contributed by atoms with van der Waals surface area (Å²) in [5, 5.41) is 9.65. The van der Waals surface area contributed by atoms with Crippen molar-refractivity contribution < 1.29 is 19.4 Å². The van der Waals surface area contributed by atoms with Crippen LogP contribution in [-0.4, -0.2) is 37.4 Å². The Kier molecular flexibility index (Phi) is 3.84. The lowest BCUT2D eigenvalue weighted by Gasteiger charge is -2.29. The Labute approximate surface area is 105 Å². The van der Waals surface area contributed by atoms with Crippen molar-refractivity contribution in [3.8, 4) is 5.75 Å². The van der Waals surface area contributed by atoms with Gasteiger partial charge in [-0.3, -0.25) is 0 Å². The molecule has 1 aliphatic heterocycles. The number of carbonyl (C=O) groups is 1. The first-order valence-electron chi connectivity index (χ1n) is 5.70. The van der Waals surface area contributed by atoms with Crippen LogP contribution >= 0.6 is 0 Å². The molecular formula is C13H15NO4. The zero-order valence-electron chi connectivity index (χ0n) is 9.96. The molecule has 18 heavy (non-hydrogen) atoms. The van der Waals surface area contributed by atoms with E-state index in [1.165, 1.54) is 6.07 Å². The summed E-state index contributed by atoms with van der Waals surface area (Å²) in [6.07, 6.45) is 1.04. The normalized spacial score (nSPS) is 15.2. The number of carbonyl (C=O) groups excluding carboxylic acids is 1. The van der Waals surface area contributed by atoms with E-state index in [2.05, 4.69) is 16.2 Å². The van der Waals surface area contributed by atoms with Crippen LogP contribution in [0.4, 0.5) is 5.69 Å². The van der Waals surface area contributed by atoms with E-state index in [0.717, 1.165) is 25.0 Å². The second-order valence-corrected chi connectivity index (χ2v) is 3.87. The summed E-state index contributed by atoms with van der Waals surface area (Å²) in [5.74, 6) is -0.712. The van der Waals surface area contributed by atoms with E-state index in [9.17, 15) is 9.90 Å². The Morgan fingerprint density at radius 2 is 2.17 bits per heavy atom. The van der Waals surface area contributed by atoms with E-state index in [-0.39, 0.29) is 11.3 Å². The molecule has 0 aromatic heterocycles. The molecule has 0 radical (unpaired) electrons. The molecule has 1 aliphatic rings. The molecule has 2 rings (SSSR count). The number of morpholine rings is 1. The lowest BCUT2D eigenvalue weighted by Crippen LogP contribution is -2.36. The van der Waals surface area contributed by atoms with Crippen LogP contribution in [0.25, 0.3) is 0 Å². The maximum absolute atomic E-state index is 11.6. The summed E-state index contributed by atoms with van der Waals surface area (Å²) < 4.78 is 9.94. The first-order chi connectivity index (χ1) is 8.72. The van der Waals surface area contributed by atoms with Crippen LogP contribution in [-0.2, 0) is 9.47 Å². The predicted molar refractivity (Wildman–Crippen MR) is 66.8 cm³/mol. The third kappa shape index (κ3) is 2.62. The Balaban J connectivity index is 2.24. The Hall–Kier alpha value is -2.01. The lowest BCUT2D eigenvalue weighted by atomic mass is 10.1. The minimum absolute atomic E-state index is 0.0983. The molecule has 0 bridgehead atoms. The maximum Gasteiger partial charge on any atom is 0.346 e. The molecule has 0 saturated carbocycles. The third-order valence-corrected chi connectivity index (χ3v) is 2.77. The van der Waals surface area contributed by atoms with Crippen LogP contribution in [0.5, 0.6) is 5.75 Å². The summed E-state index contributed by atoms with van der Waals surface area (Å²) in [7, 11) is 0. The highest BCUT2D eigenvalue weighted by atomic mass is 16.5. The molecule has 1 fully saturated rings. The predicted octanol–water partition coefficient (Wildman–Crippen LogP) is 1.53. The van der Waals surface area contributed by atoms with E-state index in [0.29, 0.717) is 13.2 Å². The highest BCUT2D eigenvalue weighted by Crippen LogP contribution is 2.25. The van der Waals surface area contributed by atoms with Crippen molar-refractivity contribution in [1.29, 1.82) is 0 Å². The minimum Gasteiger partial charge on any atom is -0.507 e. The van der Waals surface area contributed by atoms with Crippen LogP contribution in [0.15, 0.2) is 31.0 Å². The van der Waals surface area contributed by atoms with Gasteiger partial charge in [0.2, 0.25) is 0 Å². The van der Waals surface area contributed by atoms with Gasteiger partial charge in [-0.25, -0.2) is 4.79 Å². The van der Waals surface area contributed by atoms with Crippen molar-refractivity contribution in [1.82, 2.24) is 0 Å². The standard InChI is InChI=1S/C13H15NO4/c1-2-18-13(16)11-9-10(3-4-12(11)15)14-5-7-17-8-6-14/h2-4,9,15H,1,5-8H2. The molecule has 96 valence electrons. The van der Waals surface area contributed by atoms with Crippen molar-refractivity contribution in [2.75, 3.05) is 31.2 Å². The van der Waals surface area contributed by atoms with E-state index < -0.39 is 5.97 Å². The molecule has 1 heterocycles. The van der Waals surface area contributed by atoms with Crippen molar-refractivity contribution >= 4 is 11.7 Å². The van der Waals surface area contributed by atoms with Crippen molar-refractivity contribution in [2.24, 2.45) is 0 Å². The fourth-order valence-electron chi connectivity index (χ4n) is 1.84. The van der Waals surface area contributed by atoms with E-state index in [1.54, 1.807) is 12.1 Å². The molecule has 0 spiro atoms. The summed E-state index contributed by atoms with van der Waals surface area (Å²) in [6, 6.07) is 4.88.